The van der Waals surface area contributed by atoms with Crippen molar-refractivity contribution in [2.45, 2.75) is 52.2 Å². The Morgan fingerprint density at radius 1 is 1.03 bits per heavy atom. The first-order chi connectivity index (χ1) is 18.2. The highest BCUT2D eigenvalue weighted by atomic mass is 19.1. The van der Waals surface area contributed by atoms with Gasteiger partial charge in [-0.25, -0.2) is 4.39 Å². The summed E-state index contributed by atoms with van der Waals surface area (Å²) in [6, 6.07) is 15.0. The summed E-state index contributed by atoms with van der Waals surface area (Å²) in [4.78, 5) is 4.96. The predicted molar refractivity (Wildman–Crippen MR) is 146 cm³/mol. The minimum absolute atomic E-state index is 0.0710. The van der Waals surface area contributed by atoms with E-state index in [2.05, 4.69) is 27.9 Å². The molecule has 0 aliphatic carbocycles. The van der Waals surface area contributed by atoms with Crippen LogP contribution in [0.4, 0.5) is 4.39 Å². The van der Waals surface area contributed by atoms with Crippen molar-refractivity contribution >= 4 is 21.9 Å². The van der Waals surface area contributed by atoms with Crippen molar-refractivity contribution in [1.82, 2.24) is 14.7 Å². The molecule has 1 fully saturated rings. The molecule has 2 aromatic carbocycles. The third-order valence-corrected chi connectivity index (χ3v) is 7.87. The van der Waals surface area contributed by atoms with E-state index in [0.717, 1.165) is 68.5 Å². The molecule has 196 valence electrons. The van der Waals surface area contributed by atoms with Gasteiger partial charge < -0.3 is 18.9 Å². The monoisotopic (exact) mass is 513 g/mol. The quantitative estimate of drug-likeness (QED) is 0.278. The minimum Gasteiger partial charge on any atom is -0.386 e. The summed E-state index contributed by atoms with van der Waals surface area (Å²) in [5.41, 5.74) is 6.40. The van der Waals surface area contributed by atoms with E-state index in [1.807, 2.05) is 38.2 Å². The Kier molecular flexibility index (Phi) is 6.08. The standard InChI is InChI=1S/C31H32FN3O3/c1-18-28(19(2)38-34-18)22-15-27-29(33-17-22)25-10-7-23(31(3,4)36)16-26(25)35(27)30(21-11-13-37-14-12-21)20-5-8-24(32)9-6-20/h5-10,15-17,21,30,36H,11-14H2,1-4H3/t30-/m1/s1. The maximum atomic E-state index is 14.0. The molecule has 0 radical (unpaired) electrons. The van der Waals surface area contributed by atoms with Gasteiger partial charge in [0.05, 0.1) is 33.9 Å². The molecule has 7 heteroatoms. The van der Waals surface area contributed by atoms with Crippen molar-refractivity contribution in [3.8, 4) is 11.1 Å². The summed E-state index contributed by atoms with van der Waals surface area (Å²) in [6.07, 6.45) is 3.67. The maximum Gasteiger partial charge on any atom is 0.141 e. The Bertz CT molecular complexity index is 1600. The molecule has 0 amide bonds. The predicted octanol–water partition coefficient (Wildman–Crippen LogP) is 6.84. The van der Waals surface area contributed by atoms with Crippen LogP contribution in [0, 0.1) is 25.6 Å². The Labute approximate surface area is 221 Å². The number of fused-ring (bicyclic) bond motifs is 3. The van der Waals surface area contributed by atoms with Crippen molar-refractivity contribution in [3.05, 3.63) is 83.1 Å². The van der Waals surface area contributed by atoms with Crippen LogP contribution >= 0.6 is 0 Å². The lowest BCUT2D eigenvalue weighted by atomic mass is 9.86. The van der Waals surface area contributed by atoms with Gasteiger partial charge >= 0.3 is 0 Å². The number of hydrogen-bond donors (Lipinski definition) is 1. The van der Waals surface area contributed by atoms with Gasteiger partial charge in [-0.15, -0.1) is 0 Å². The Hall–Kier alpha value is -3.55. The van der Waals surface area contributed by atoms with E-state index in [-0.39, 0.29) is 17.8 Å². The van der Waals surface area contributed by atoms with Crippen LogP contribution in [0.3, 0.4) is 0 Å². The normalized spacial score (nSPS) is 15.9. The van der Waals surface area contributed by atoms with Gasteiger partial charge in [0.25, 0.3) is 0 Å². The summed E-state index contributed by atoms with van der Waals surface area (Å²) in [5, 5.41) is 16.0. The summed E-state index contributed by atoms with van der Waals surface area (Å²) >= 11 is 0. The number of pyridine rings is 1. The lowest BCUT2D eigenvalue weighted by Gasteiger charge is -2.33. The molecule has 0 saturated carbocycles. The van der Waals surface area contributed by atoms with Crippen molar-refractivity contribution < 1.29 is 18.8 Å². The van der Waals surface area contributed by atoms with Crippen LogP contribution in [-0.2, 0) is 10.3 Å². The second-order valence-corrected chi connectivity index (χ2v) is 10.9. The zero-order valence-corrected chi connectivity index (χ0v) is 22.2. The molecule has 1 N–H and O–H groups in total. The average molecular weight is 514 g/mol. The number of halogens is 1. The summed E-state index contributed by atoms with van der Waals surface area (Å²) < 4.78 is 27.6. The molecule has 1 atom stereocenters. The zero-order valence-electron chi connectivity index (χ0n) is 22.2. The van der Waals surface area contributed by atoms with E-state index in [0.29, 0.717) is 13.2 Å². The highest BCUT2D eigenvalue weighted by Gasteiger charge is 2.31. The number of rotatable bonds is 5. The lowest BCUT2D eigenvalue weighted by Crippen LogP contribution is -2.27. The average Bonchev–Trinajstić information content (AvgIpc) is 3.41. The first-order valence-corrected chi connectivity index (χ1v) is 13.2. The van der Waals surface area contributed by atoms with Crippen LogP contribution in [0.2, 0.25) is 0 Å². The Balaban J connectivity index is 1.69. The molecule has 1 aliphatic heterocycles. The minimum atomic E-state index is -1.01. The SMILES string of the molecule is Cc1noc(C)c1-c1cnc2c3ccc(C(C)(C)O)cc3n([C@H](c3ccc(F)cc3)C3CCOCC3)c2c1. The van der Waals surface area contributed by atoms with Crippen LogP contribution in [0.15, 0.2) is 59.3 Å². The molecule has 38 heavy (non-hydrogen) atoms. The molecule has 4 heterocycles. The zero-order chi connectivity index (χ0) is 26.6. The first kappa shape index (κ1) is 24.8. The van der Waals surface area contributed by atoms with E-state index in [9.17, 15) is 9.50 Å². The lowest BCUT2D eigenvalue weighted by molar-refractivity contribution is 0.0552. The number of nitrogens with zero attached hydrogens (tertiary/aromatic N) is 3. The van der Waals surface area contributed by atoms with Crippen molar-refractivity contribution in [2.24, 2.45) is 5.92 Å². The van der Waals surface area contributed by atoms with Gasteiger partial charge in [-0.1, -0.05) is 29.4 Å². The molecule has 0 spiro atoms. The van der Waals surface area contributed by atoms with Crippen LogP contribution in [0.25, 0.3) is 33.1 Å². The first-order valence-electron chi connectivity index (χ1n) is 13.2. The smallest absolute Gasteiger partial charge is 0.141 e. The molecule has 1 aliphatic rings. The molecule has 6 nitrogen and oxygen atoms in total. The summed E-state index contributed by atoms with van der Waals surface area (Å²) in [5.74, 6) is 0.769. The van der Waals surface area contributed by atoms with Gasteiger partial charge in [0, 0.05) is 35.9 Å². The number of aryl methyl sites for hydroxylation is 2. The van der Waals surface area contributed by atoms with Crippen molar-refractivity contribution in [3.63, 3.8) is 0 Å². The number of benzene rings is 2. The molecule has 1 saturated heterocycles. The highest BCUT2D eigenvalue weighted by molar-refractivity contribution is 6.07. The number of ether oxygens (including phenoxy) is 1. The number of aromatic nitrogens is 3. The number of aliphatic hydroxyl groups is 1. The fraction of sp³-hybridized carbons (Fsp3) is 0.355. The van der Waals surface area contributed by atoms with Crippen LogP contribution in [0.5, 0.6) is 0 Å². The molecule has 0 unspecified atom stereocenters. The van der Waals surface area contributed by atoms with E-state index >= 15 is 0 Å². The van der Waals surface area contributed by atoms with Crippen molar-refractivity contribution in [1.29, 1.82) is 0 Å². The second-order valence-electron chi connectivity index (χ2n) is 10.9. The molecular formula is C31H32FN3O3. The molecule has 0 bridgehead atoms. The molecule has 3 aromatic heterocycles. The van der Waals surface area contributed by atoms with Gasteiger partial charge in [0.15, 0.2) is 0 Å². The van der Waals surface area contributed by atoms with E-state index < -0.39 is 5.60 Å². The van der Waals surface area contributed by atoms with Gasteiger partial charge in [0.2, 0.25) is 0 Å². The third kappa shape index (κ3) is 4.20. The van der Waals surface area contributed by atoms with Gasteiger partial charge in [-0.2, -0.15) is 0 Å². The van der Waals surface area contributed by atoms with Crippen LogP contribution < -0.4 is 0 Å². The van der Waals surface area contributed by atoms with E-state index in [1.165, 1.54) is 12.1 Å². The molecule has 5 aromatic rings. The van der Waals surface area contributed by atoms with Crippen LogP contribution in [0.1, 0.15) is 55.3 Å². The van der Waals surface area contributed by atoms with E-state index in [1.54, 1.807) is 13.8 Å². The fourth-order valence-electron chi connectivity index (χ4n) is 5.94. The van der Waals surface area contributed by atoms with Crippen molar-refractivity contribution in [2.75, 3.05) is 13.2 Å². The fourth-order valence-corrected chi connectivity index (χ4v) is 5.94. The summed E-state index contributed by atoms with van der Waals surface area (Å²) in [6.45, 7) is 8.82. The molecule has 6 rings (SSSR count). The van der Waals surface area contributed by atoms with E-state index in [4.69, 9.17) is 14.2 Å². The Morgan fingerprint density at radius 2 is 1.76 bits per heavy atom. The van der Waals surface area contributed by atoms with Gasteiger partial charge in [-0.05, 0) is 81.8 Å². The topological polar surface area (TPSA) is 73.3 Å². The third-order valence-electron chi connectivity index (χ3n) is 7.87. The molecular weight excluding hydrogens is 481 g/mol. The van der Waals surface area contributed by atoms with Gasteiger partial charge in [-0.3, -0.25) is 4.98 Å². The summed E-state index contributed by atoms with van der Waals surface area (Å²) in [7, 11) is 0. The number of hydrogen-bond acceptors (Lipinski definition) is 5. The largest absolute Gasteiger partial charge is 0.386 e. The van der Waals surface area contributed by atoms with Crippen LogP contribution in [-0.4, -0.2) is 33.0 Å². The maximum absolute atomic E-state index is 14.0. The second kappa shape index (κ2) is 9.33. The Morgan fingerprint density at radius 3 is 2.42 bits per heavy atom. The van der Waals surface area contributed by atoms with Gasteiger partial charge in [0.1, 0.15) is 11.6 Å². The highest BCUT2D eigenvalue weighted by Crippen LogP contribution is 2.42.